The molecule has 0 spiro atoms. The molecule has 6 nitrogen and oxygen atoms in total. The summed E-state index contributed by atoms with van der Waals surface area (Å²) in [5.41, 5.74) is 2.84. The standard InChI is InChI=1S/C20H27N3O3/c1-20(2,3)14-6-5-13-11-17(22-16(13)12-14)18(24)21-15-7-9-23(10-8-15)19(25)26-4/h5-6,11-12,15,22H,7-10H2,1-4H3,(H,21,24). The lowest BCUT2D eigenvalue weighted by Gasteiger charge is -2.31. The zero-order valence-electron chi connectivity index (χ0n) is 15.9. The summed E-state index contributed by atoms with van der Waals surface area (Å²) in [7, 11) is 1.39. The van der Waals surface area contributed by atoms with E-state index >= 15 is 0 Å². The lowest BCUT2D eigenvalue weighted by atomic mass is 9.87. The number of rotatable bonds is 2. The van der Waals surface area contributed by atoms with E-state index in [1.54, 1.807) is 4.90 Å². The number of carbonyl (C=O) groups excluding carboxylic acids is 2. The molecule has 0 radical (unpaired) electrons. The second-order valence-electron chi connectivity index (χ2n) is 7.94. The summed E-state index contributed by atoms with van der Waals surface area (Å²) in [6.07, 6.45) is 1.16. The van der Waals surface area contributed by atoms with E-state index in [-0.39, 0.29) is 23.5 Å². The highest BCUT2D eigenvalue weighted by Crippen LogP contribution is 2.26. The van der Waals surface area contributed by atoms with Crippen LogP contribution in [0.5, 0.6) is 0 Å². The second kappa shape index (κ2) is 7.02. The molecule has 6 heteroatoms. The molecule has 2 N–H and O–H groups in total. The lowest BCUT2D eigenvalue weighted by molar-refractivity contribution is 0.0888. The van der Waals surface area contributed by atoms with E-state index in [0.29, 0.717) is 18.8 Å². The van der Waals surface area contributed by atoms with E-state index in [9.17, 15) is 9.59 Å². The first-order chi connectivity index (χ1) is 12.3. The van der Waals surface area contributed by atoms with Gasteiger partial charge >= 0.3 is 6.09 Å². The molecule has 0 unspecified atom stereocenters. The van der Waals surface area contributed by atoms with Crippen LogP contribution in [0.1, 0.15) is 49.7 Å². The number of fused-ring (bicyclic) bond motifs is 1. The number of nitrogens with zero attached hydrogens (tertiary/aromatic N) is 1. The Morgan fingerprint density at radius 1 is 1.19 bits per heavy atom. The molecule has 0 saturated carbocycles. The third kappa shape index (κ3) is 3.84. The van der Waals surface area contributed by atoms with Crippen molar-refractivity contribution in [1.29, 1.82) is 0 Å². The van der Waals surface area contributed by atoms with Crippen LogP contribution in [0.15, 0.2) is 24.3 Å². The summed E-state index contributed by atoms with van der Waals surface area (Å²) in [6.45, 7) is 7.71. The largest absolute Gasteiger partial charge is 0.453 e. The zero-order valence-corrected chi connectivity index (χ0v) is 15.9. The van der Waals surface area contributed by atoms with Gasteiger partial charge in [-0.3, -0.25) is 4.79 Å². The fourth-order valence-corrected chi connectivity index (χ4v) is 3.31. The van der Waals surface area contributed by atoms with Crippen molar-refractivity contribution in [3.63, 3.8) is 0 Å². The highest BCUT2D eigenvalue weighted by molar-refractivity contribution is 5.98. The molecule has 3 rings (SSSR count). The second-order valence-corrected chi connectivity index (χ2v) is 7.94. The molecule has 26 heavy (non-hydrogen) atoms. The summed E-state index contributed by atoms with van der Waals surface area (Å²) < 4.78 is 4.74. The summed E-state index contributed by atoms with van der Waals surface area (Å²) >= 11 is 0. The number of ether oxygens (including phenoxy) is 1. The Morgan fingerprint density at radius 3 is 2.50 bits per heavy atom. The molecule has 1 aromatic carbocycles. The van der Waals surface area contributed by atoms with Gasteiger partial charge in [0.25, 0.3) is 5.91 Å². The summed E-state index contributed by atoms with van der Waals surface area (Å²) in [6, 6.07) is 8.24. The van der Waals surface area contributed by atoms with Crippen LogP contribution in [-0.2, 0) is 10.2 Å². The molecule has 0 bridgehead atoms. The molecule has 1 aliphatic heterocycles. The number of nitrogens with one attached hydrogen (secondary N) is 2. The highest BCUT2D eigenvalue weighted by atomic mass is 16.5. The Hall–Kier alpha value is -2.50. The van der Waals surface area contributed by atoms with Crippen LogP contribution in [0.4, 0.5) is 4.79 Å². The molecule has 2 amide bonds. The minimum atomic E-state index is -0.306. The molecule has 1 fully saturated rings. The molecule has 2 heterocycles. The minimum Gasteiger partial charge on any atom is -0.453 e. The van der Waals surface area contributed by atoms with E-state index < -0.39 is 0 Å². The van der Waals surface area contributed by atoms with E-state index in [0.717, 1.165) is 23.7 Å². The molecule has 0 atom stereocenters. The maximum atomic E-state index is 12.6. The Kier molecular flexibility index (Phi) is 4.94. The van der Waals surface area contributed by atoms with Gasteiger partial charge in [-0.25, -0.2) is 4.79 Å². The maximum Gasteiger partial charge on any atom is 0.409 e. The first-order valence-electron chi connectivity index (χ1n) is 9.05. The summed E-state index contributed by atoms with van der Waals surface area (Å²) in [5.74, 6) is -0.102. The van der Waals surface area contributed by atoms with E-state index in [4.69, 9.17) is 4.74 Å². The van der Waals surface area contributed by atoms with Crippen molar-refractivity contribution < 1.29 is 14.3 Å². The molecule has 0 aliphatic carbocycles. The quantitative estimate of drug-likeness (QED) is 0.865. The van der Waals surface area contributed by atoms with Gasteiger partial charge in [0.05, 0.1) is 7.11 Å². The van der Waals surface area contributed by atoms with Crippen LogP contribution in [-0.4, -0.2) is 48.1 Å². The van der Waals surface area contributed by atoms with Crippen LogP contribution in [0.2, 0.25) is 0 Å². The van der Waals surface area contributed by atoms with E-state index in [1.807, 2.05) is 6.07 Å². The normalized spacial score (nSPS) is 15.9. The van der Waals surface area contributed by atoms with Crippen LogP contribution < -0.4 is 5.32 Å². The van der Waals surface area contributed by atoms with Gasteiger partial charge in [0.2, 0.25) is 0 Å². The lowest BCUT2D eigenvalue weighted by Crippen LogP contribution is -2.46. The number of amides is 2. The number of hydrogen-bond acceptors (Lipinski definition) is 3. The number of piperidine rings is 1. The molecule has 2 aromatic rings. The molecular weight excluding hydrogens is 330 g/mol. The maximum absolute atomic E-state index is 12.6. The fraction of sp³-hybridized carbons (Fsp3) is 0.500. The highest BCUT2D eigenvalue weighted by Gasteiger charge is 2.25. The SMILES string of the molecule is COC(=O)N1CCC(NC(=O)c2cc3ccc(C(C)(C)C)cc3[nH]2)CC1. The van der Waals surface area contributed by atoms with Gasteiger partial charge in [-0.2, -0.15) is 0 Å². The predicted molar refractivity (Wildman–Crippen MR) is 101 cm³/mol. The van der Waals surface area contributed by atoms with Gasteiger partial charge in [0.15, 0.2) is 0 Å². The number of benzene rings is 1. The average molecular weight is 357 g/mol. The average Bonchev–Trinajstić information content (AvgIpc) is 3.04. The zero-order chi connectivity index (χ0) is 18.9. The Labute approximate surface area is 153 Å². The van der Waals surface area contributed by atoms with Crippen LogP contribution in [0.3, 0.4) is 0 Å². The number of H-pyrrole nitrogens is 1. The first kappa shape index (κ1) is 18.3. The van der Waals surface area contributed by atoms with Gasteiger partial charge in [-0.1, -0.05) is 32.9 Å². The van der Waals surface area contributed by atoms with Gasteiger partial charge in [-0.05, 0) is 36.0 Å². The Balaban J connectivity index is 1.66. The fourth-order valence-electron chi connectivity index (χ4n) is 3.31. The number of aromatic nitrogens is 1. The molecule has 1 aliphatic rings. The van der Waals surface area contributed by atoms with Crippen LogP contribution >= 0.6 is 0 Å². The van der Waals surface area contributed by atoms with Crippen molar-refractivity contribution in [2.24, 2.45) is 0 Å². The molecule has 140 valence electrons. The van der Waals surface area contributed by atoms with E-state index in [2.05, 4.69) is 49.3 Å². The topological polar surface area (TPSA) is 74.4 Å². The van der Waals surface area contributed by atoms with Gasteiger partial charge < -0.3 is 19.9 Å². The number of aromatic amines is 1. The third-order valence-corrected chi connectivity index (χ3v) is 5.00. The van der Waals surface area contributed by atoms with Gasteiger partial charge in [-0.15, -0.1) is 0 Å². The van der Waals surface area contributed by atoms with Crippen LogP contribution in [0, 0.1) is 0 Å². The monoisotopic (exact) mass is 357 g/mol. The Morgan fingerprint density at radius 2 is 1.88 bits per heavy atom. The van der Waals surface area contributed by atoms with E-state index in [1.165, 1.54) is 12.7 Å². The van der Waals surface area contributed by atoms with Crippen LogP contribution in [0.25, 0.3) is 10.9 Å². The number of hydrogen-bond donors (Lipinski definition) is 2. The van der Waals surface area contributed by atoms with Crippen molar-refractivity contribution in [2.75, 3.05) is 20.2 Å². The summed E-state index contributed by atoms with van der Waals surface area (Å²) in [5, 5.41) is 4.10. The first-order valence-corrected chi connectivity index (χ1v) is 9.05. The smallest absolute Gasteiger partial charge is 0.409 e. The number of methoxy groups -OCH3 is 1. The van der Waals surface area contributed by atoms with Gasteiger partial charge in [0.1, 0.15) is 5.69 Å². The molecule has 1 aromatic heterocycles. The summed E-state index contributed by atoms with van der Waals surface area (Å²) in [4.78, 5) is 29.0. The van der Waals surface area contributed by atoms with Crippen molar-refractivity contribution >= 4 is 22.9 Å². The minimum absolute atomic E-state index is 0.0648. The number of carbonyl (C=O) groups is 2. The van der Waals surface area contributed by atoms with Gasteiger partial charge in [0, 0.05) is 30.0 Å². The van der Waals surface area contributed by atoms with Crippen molar-refractivity contribution in [1.82, 2.24) is 15.2 Å². The Bertz CT molecular complexity index is 811. The van der Waals surface area contributed by atoms with Crippen molar-refractivity contribution in [3.05, 3.63) is 35.5 Å². The molecular formula is C20H27N3O3. The van der Waals surface area contributed by atoms with Crippen molar-refractivity contribution in [2.45, 2.75) is 45.1 Å². The third-order valence-electron chi connectivity index (χ3n) is 5.00. The van der Waals surface area contributed by atoms with Crippen molar-refractivity contribution in [3.8, 4) is 0 Å². The molecule has 1 saturated heterocycles. The number of likely N-dealkylation sites (tertiary alicyclic amines) is 1. The predicted octanol–water partition coefficient (Wildman–Crippen LogP) is 3.43.